The number of nitrogens with zero attached hydrogens (tertiary/aromatic N) is 3. The highest BCUT2D eigenvalue weighted by Crippen LogP contribution is 2.30. The summed E-state index contributed by atoms with van der Waals surface area (Å²) in [5, 5.41) is 16.7. The summed E-state index contributed by atoms with van der Waals surface area (Å²) in [6.07, 6.45) is 1.36. The molecule has 0 aliphatic carbocycles. The average Bonchev–Trinajstić information content (AvgIpc) is 3.05. The quantitative estimate of drug-likeness (QED) is 0.449. The van der Waals surface area contributed by atoms with Crippen LogP contribution in [-0.2, 0) is 4.79 Å². The number of amides is 1. The fourth-order valence-electron chi connectivity index (χ4n) is 2.83. The molecule has 0 aliphatic rings. The number of carbonyl (C=O) groups is 1. The first-order chi connectivity index (χ1) is 14.9. The molecule has 3 rings (SSSR count). The van der Waals surface area contributed by atoms with Crippen molar-refractivity contribution in [1.29, 1.82) is 5.26 Å². The molecule has 1 heterocycles. The van der Waals surface area contributed by atoms with Gasteiger partial charge < -0.3 is 14.8 Å². The van der Waals surface area contributed by atoms with Crippen molar-refractivity contribution in [3.8, 4) is 23.3 Å². The Morgan fingerprint density at radius 3 is 2.48 bits per heavy atom. The second-order valence-electron chi connectivity index (χ2n) is 6.37. The lowest BCUT2D eigenvalue weighted by Gasteiger charge is -2.10. The van der Waals surface area contributed by atoms with Gasteiger partial charge in [-0.3, -0.25) is 4.79 Å². The smallest absolute Gasteiger partial charge is 0.266 e. The van der Waals surface area contributed by atoms with E-state index in [1.165, 1.54) is 49.2 Å². The molecule has 31 heavy (non-hydrogen) atoms. The molecule has 0 radical (unpaired) electrons. The van der Waals surface area contributed by atoms with Gasteiger partial charge in [0.2, 0.25) is 0 Å². The van der Waals surface area contributed by atoms with E-state index in [0.717, 1.165) is 0 Å². The van der Waals surface area contributed by atoms with E-state index in [4.69, 9.17) is 21.1 Å². The molecule has 0 unspecified atom stereocenters. The van der Waals surface area contributed by atoms with Crippen LogP contribution in [0.4, 0.5) is 10.1 Å². The zero-order chi connectivity index (χ0) is 22.5. The molecule has 0 atom stereocenters. The number of aromatic nitrogens is 2. The molecule has 9 heteroatoms. The third-order valence-corrected chi connectivity index (χ3v) is 4.78. The molecule has 0 saturated carbocycles. The summed E-state index contributed by atoms with van der Waals surface area (Å²) in [5.74, 6) is -0.0726. The van der Waals surface area contributed by atoms with Crippen molar-refractivity contribution in [2.75, 3.05) is 19.5 Å². The Morgan fingerprint density at radius 2 is 1.87 bits per heavy atom. The zero-order valence-electron chi connectivity index (χ0n) is 16.9. The number of benzene rings is 2. The van der Waals surface area contributed by atoms with Gasteiger partial charge in [0.05, 0.1) is 25.6 Å². The standard InChI is InChI=1S/C22H18ClFN4O3/c1-13-18(21(23)28(27-13)17-7-4-15(24)5-8-17)10-14(12-25)22(29)26-16-6-9-19(30-2)20(11-16)31-3/h4-11H,1-3H3,(H,26,29). The number of carbonyl (C=O) groups excluding carboxylic acids is 1. The lowest BCUT2D eigenvalue weighted by molar-refractivity contribution is -0.112. The van der Waals surface area contributed by atoms with Gasteiger partial charge in [-0.2, -0.15) is 10.4 Å². The van der Waals surface area contributed by atoms with Gasteiger partial charge in [-0.25, -0.2) is 9.07 Å². The maximum atomic E-state index is 13.2. The molecule has 2 aromatic carbocycles. The minimum atomic E-state index is -0.625. The molecule has 0 spiro atoms. The second-order valence-corrected chi connectivity index (χ2v) is 6.73. The van der Waals surface area contributed by atoms with Crippen LogP contribution < -0.4 is 14.8 Å². The van der Waals surface area contributed by atoms with Crippen molar-refractivity contribution in [2.45, 2.75) is 6.92 Å². The van der Waals surface area contributed by atoms with Gasteiger partial charge in [0.15, 0.2) is 11.5 Å². The van der Waals surface area contributed by atoms with E-state index in [1.807, 2.05) is 6.07 Å². The van der Waals surface area contributed by atoms with Crippen LogP contribution in [0, 0.1) is 24.1 Å². The van der Waals surface area contributed by atoms with Crippen molar-refractivity contribution in [1.82, 2.24) is 9.78 Å². The van der Waals surface area contributed by atoms with Crippen molar-refractivity contribution in [3.05, 3.63) is 70.3 Å². The van der Waals surface area contributed by atoms with Gasteiger partial charge in [-0.15, -0.1) is 0 Å². The Labute approximate surface area is 183 Å². The molecule has 0 aliphatic heterocycles. The minimum absolute atomic E-state index is 0.168. The number of hydrogen-bond acceptors (Lipinski definition) is 5. The van der Waals surface area contributed by atoms with E-state index in [0.29, 0.717) is 34.1 Å². The first kappa shape index (κ1) is 21.9. The Bertz CT molecular complexity index is 1200. The Balaban J connectivity index is 1.90. The summed E-state index contributed by atoms with van der Waals surface area (Å²) in [6, 6.07) is 12.3. The molecule has 0 fully saturated rings. The van der Waals surface area contributed by atoms with Crippen LogP contribution in [0.25, 0.3) is 11.8 Å². The highest BCUT2D eigenvalue weighted by Gasteiger charge is 2.17. The van der Waals surface area contributed by atoms with Crippen LogP contribution >= 0.6 is 11.6 Å². The number of hydrogen-bond donors (Lipinski definition) is 1. The highest BCUT2D eigenvalue weighted by molar-refractivity contribution is 6.31. The number of nitrogens with one attached hydrogen (secondary N) is 1. The Morgan fingerprint density at radius 1 is 1.19 bits per heavy atom. The normalized spacial score (nSPS) is 11.0. The third kappa shape index (κ3) is 4.68. The maximum Gasteiger partial charge on any atom is 0.266 e. The monoisotopic (exact) mass is 440 g/mol. The maximum absolute atomic E-state index is 13.2. The number of methoxy groups -OCH3 is 2. The molecule has 0 bridgehead atoms. The van der Waals surface area contributed by atoms with Gasteiger partial charge in [0.1, 0.15) is 22.6 Å². The van der Waals surface area contributed by atoms with E-state index in [1.54, 1.807) is 25.1 Å². The van der Waals surface area contributed by atoms with Crippen molar-refractivity contribution in [3.63, 3.8) is 0 Å². The van der Waals surface area contributed by atoms with Crippen LogP contribution in [0.1, 0.15) is 11.3 Å². The first-order valence-corrected chi connectivity index (χ1v) is 9.42. The van der Waals surface area contributed by atoms with Gasteiger partial charge in [-0.1, -0.05) is 11.6 Å². The van der Waals surface area contributed by atoms with E-state index in [2.05, 4.69) is 10.4 Å². The number of nitriles is 1. The summed E-state index contributed by atoms with van der Waals surface area (Å²) in [6.45, 7) is 1.69. The van der Waals surface area contributed by atoms with Crippen LogP contribution in [0.15, 0.2) is 48.0 Å². The van der Waals surface area contributed by atoms with Gasteiger partial charge >= 0.3 is 0 Å². The average molecular weight is 441 g/mol. The molecule has 0 saturated heterocycles. The molecular formula is C22H18ClFN4O3. The molecule has 1 aromatic heterocycles. The Kier molecular flexibility index (Phi) is 6.58. The molecular weight excluding hydrogens is 423 g/mol. The van der Waals surface area contributed by atoms with Crippen molar-refractivity contribution in [2.24, 2.45) is 0 Å². The highest BCUT2D eigenvalue weighted by atomic mass is 35.5. The fourth-order valence-corrected chi connectivity index (χ4v) is 3.16. The summed E-state index contributed by atoms with van der Waals surface area (Å²) in [5.41, 5.74) is 1.71. The number of ether oxygens (including phenoxy) is 2. The SMILES string of the molecule is COc1ccc(NC(=O)C(C#N)=Cc2c(C)nn(-c3ccc(F)cc3)c2Cl)cc1OC. The summed E-state index contributed by atoms with van der Waals surface area (Å²) in [4.78, 5) is 12.7. The topological polar surface area (TPSA) is 89.2 Å². The first-order valence-electron chi connectivity index (χ1n) is 9.04. The second kappa shape index (κ2) is 9.32. The largest absolute Gasteiger partial charge is 0.493 e. The van der Waals surface area contributed by atoms with Gasteiger partial charge in [0, 0.05) is 17.3 Å². The van der Waals surface area contributed by atoms with E-state index >= 15 is 0 Å². The van der Waals surface area contributed by atoms with E-state index in [9.17, 15) is 14.4 Å². The zero-order valence-corrected chi connectivity index (χ0v) is 17.7. The molecule has 1 N–H and O–H groups in total. The summed E-state index contributed by atoms with van der Waals surface area (Å²) in [7, 11) is 2.98. The fraction of sp³-hybridized carbons (Fsp3) is 0.136. The van der Waals surface area contributed by atoms with Crippen LogP contribution in [0.5, 0.6) is 11.5 Å². The van der Waals surface area contributed by atoms with Gasteiger partial charge in [-0.05, 0) is 49.4 Å². The molecule has 158 valence electrons. The minimum Gasteiger partial charge on any atom is -0.493 e. The van der Waals surface area contributed by atoms with Crippen molar-refractivity contribution < 1.29 is 18.7 Å². The van der Waals surface area contributed by atoms with Crippen LogP contribution in [0.3, 0.4) is 0 Å². The van der Waals surface area contributed by atoms with E-state index < -0.39 is 5.91 Å². The number of halogens is 2. The predicted octanol–water partition coefficient (Wildman–Crippen LogP) is 4.54. The van der Waals surface area contributed by atoms with Crippen molar-refractivity contribution >= 4 is 29.3 Å². The molecule has 3 aromatic rings. The number of rotatable bonds is 6. The molecule has 7 nitrogen and oxygen atoms in total. The lowest BCUT2D eigenvalue weighted by Crippen LogP contribution is -2.13. The van der Waals surface area contributed by atoms with Gasteiger partial charge in [0.25, 0.3) is 5.91 Å². The third-order valence-electron chi connectivity index (χ3n) is 4.41. The van der Waals surface area contributed by atoms with Crippen LogP contribution in [-0.4, -0.2) is 29.9 Å². The predicted molar refractivity (Wildman–Crippen MR) is 115 cm³/mol. The number of aryl methyl sites for hydroxylation is 1. The van der Waals surface area contributed by atoms with E-state index in [-0.39, 0.29) is 16.5 Å². The lowest BCUT2D eigenvalue weighted by atomic mass is 10.1. The summed E-state index contributed by atoms with van der Waals surface area (Å²) < 4.78 is 25.0. The van der Waals surface area contributed by atoms with Crippen LogP contribution in [0.2, 0.25) is 5.15 Å². The molecule has 1 amide bonds. The number of anilines is 1. The summed E-state index contributed by atoms with van der Waals surface area (Å²) >= 11 is 6.43. The Hall–Kier alpha value is -3.83.